The summed E-state index contributed by atoms with van der Waals surface area (Å²) < 4.78 is 5.37. The van der Waals surface area contributed by atoms with Crippen LogP contribution in [-0.2, 0) is 0 Å². The van der Waals surface area contributed by atoms with Crippen LogP contribution in [0, 0.1) is 10.1 Å². The Kier molecular flexibility index (Phi) is 4.25. The van der Waals surface area contributed by atoms with Gasteiger partial charge >= 0.3 is 0 Å². The van der Waals surface area contributed by atoms with Crippen molar-refractivity contribution in [3.63, 3.8) is 0 Å². The molecule has 0 fully saturated rings. The van der Waals surface area contributed by atoms with E-state index in [9.17, 15) is 14.9 Å². The molecule has 0 N–H and O–H groups in total. The zero-order chi connectivity index (χ0) is 16.2. The lowest BCUT2D eigenvalue weighted by Gasteiger charge is -2.03. The zero-order valence-electron chi connectivity index (χ0n) is 11.8. The molecule has 3 rings (SSSR count). The highest BCUT2D eigenvalue weighted by Gasteiger charge is 2.06. The maximum atomic E-state index is 10.6. The van der Waals surface area contributed by atoms with Crippen molar-refractivity contribution in [2.45, 2.75) is 9.79 Å². The van der Waals surface area contributed by atoms with Gasteiger partial charge in [-0.3, -0.25) is 14.9 Å². The Balaban J connectivity index is 1.74. The Bertz CT molecular complexity index is 838. The molecule has 3 aromatic rings. The van der Waals surface area contributed by atoms with Gasteiger partial charge in [-0.15, -0.1) is 0 Å². The van der Waals surface area contributed by atoms with Crippen molar-refractivity contribution in [3.05, 3.63) is 76.5 Å². The molecule has 0 spiro atoms. The average Bonchev–Trinajstić information content (AvgIpc) is 3.05. The summed E-state index contributed by atoms with van der Waals surface area (Å²) >= 11 is 1.51. The molecule has 0 aliphatic rings. The summed E-state index contributed by atoms with van der Waals surface area (Å²) in [7, 11) is 0. The molecule has 23 heavy (non-hydrogen) atoms. The summed E-state index contributed by atoms with van der Waals surface area (Å²) in [6, 6.07) is 17.5. The normalized spacial score (nSPS) is 10.4. The number of hydrogen-bond acceptors (Lipinski definition) is 5. The van der Waals surface area contributed by atoms with Crippen molar-refractivity contribution >= 4 is 23.7 Å². The monoisotopic (exact) mass is 325 g/mol. The van der Waals surface area contributed by atoms with Crippen LogP contribution < -0.4 is 0 Å². The Hall–Kier alpha value is -2.86. The Labute approximate surface area is 136 Å². The Morgan fingerprint density at radius 2 is 1.52 bits per heavy atom. The van der Waals surface area contributed by atoms with Crippen molar-refractivity contribution in [1.29, 1.82) is 0 Å². The average molecular weight is 325 g/mol. The molecule has 0 radical (unpaired) electrons. The van der Waals surface area contributed by atoms with Gasteiger partial charge in [0.1, 0.15) is 5.76 Å². The molecule has 1 aromatic heterocycles. The van der Waals surface area contributed by atoms with Crippen LogP contribution in [0.2, 0.25) is 0 Å². The molecule has 0 aliphatic carbocycles. The van der Waals surface area contributed by atoms with E-state index in [0.717, 1.165) is 15.4 Å². The predicted octanol–water partition coefficient (Wildman–Crippen LogP) is 4.82. The number of aldehydes is 1. The van der Waals surface area contributed by atoms with Crippen molar-refractivity contribution in [2.75, 3.05) is 0 Å². The fraction of sp³-hybridized carbons (Fsp3) is 0. The summed E-state index contributed by atoms with van der Waals surface area (Å²) in [6.07, 6.45) is 0.669. The van der Waals surface area contributed by atoms with Gasteiger partial charge in [0.15, 0.2) is 12.0 Å². The second-order valence-electron chi connectivity index (χ2n) is 4.70. The van der Waals surface area contributed by atoms with Crippen LogP contribution in [0.3, 0.4) is 0 Å². The first-order chi connectivity index (χ1) is 11.2. The number of furan rings is 1. The smallest absolute Gasteiger partial charge is 0.269 e. The molecule has 0 bridgehead atoms. The quantitative estimate of drug-likeness (QED) is 0.382. The zero-order valence-corrected chi connectivity index (χ0v) is 12.7. The maximum absolute atomic E-state index is 10.6. The Morgan fingerprint density at radius 1 is 0.913 bits per heavy atom. The van der Waals surface area contributed by atoms with Gasteiger partial charge in [0.2, 0.25) is 0 Å². The summed E-state index contributed by atoms with van der Waals surface area (Å²) in [5.74, 6) is 0.934. The lowest BCUT2D eigenvalue weighted by atomic mass is 10.2. The minimum absolute atomic E-state index is 0.0773. The second kappa shape index (κ2) is 6.50. The number of non-ortho nitro benzene ring substituents is 1. The first-order valence-corrected chi connectivity index (χ1v) is 7.55. The molecule has 0 atom stereocenters. The first kappa shape index (κ1) is 15.1. The van der Waals surface area contributed by atoms with E-state index in [4.69, 9.17) is 4.42 Å². The summed E-state index contributed by atoms with van der Waals surface area (Å²) in [5, 5.41) is 10.6. The first-order valence-electron chi connectivity index (χ1n) is 6.73. The van der Waals surface area contributed by atoms with Gasteiger partial charge in [-0.25, -0.2) is 0 Å². The van der Waals surface area contributed by atoms with E-state index in [0.29, 0.717) is 17.8 Å². The standard InChI is InChI=1S/C17H11NO4S/c19-11-14-5-10-17(22-14)12-1-6-15(7-2-12)23-16-8-3-13(4-9-16)18(20)21/h1-11H. The molecule has 0 saturated carbocycles. The molecule has 0 aliphatic heterocycles. The van der Waals surface area contributed by atoms with Crippen LogP contribution in [0.5, 0.6) is 0 Å². The van der Waals surface area contributed by atoms with E-state index in [-0.39, 0.29) is 5.69 Å². The molecule has 6 heteroatoms. The van der Waals surface area contributed by atoms with Crippen LogP contribution in [0.25, 0.3) is 11.3 Å². The van der Waals surface area contributed by atoms with E-state index < -0.39 is 4.92 Å². The molecule has 0 amide bonds. The van der Waals surface area contributed by atoms with Crippen molar-refractivity contribution in [3.8, 4) is 11.3 Å². The van der Waals surface area contributed by atoms with Gasteiger partial charge in [-0.2, -0.15) is 0 Å². The second-order valence-corrected chi connectivity index (χ2v) is 5.84. The van der Waals surface area contributed by atoms with Gasteiger partial charge in [0, 0.05) is 27.5 Å². The number of nitro groups is 1. The number of nitrogens with zero attached hydrogens (tertiary/aromatic N) is 1. The van der Waals surface area contributed by atoms with E-state index in [1.165, 1.54) is 23.9 Å². The highest BCUT2D eigenvalue weighted by Crippen LogP contribution is 2.31. The van der Waals surface area contributed by atoms with Gasteiger partial charge in [0.25, 0.3) is 5.69 Å². The van der Waals surface area contributed by atoms with Gasteiger partial charge in [0.05, 0.1) is 4.92 Å². The van der Waals surface area contributed by atoms with Gasteiger partial charge in [-0.1, -0.05) is 23.9 Å². The number of hydrogen-bond donors (Lipinski definition) is 0. The van der Waals surface area contributed by atoms with E-state index in [1.807, 2.05) is 24.3 Å². The number of benzene rings is 2. The van der Waals surface area contributed by atoms with Crippen LogP contribution in [0.1, 0.15) is 10.6 Å². The van der Waals surface area contributed by atoms with Gasteiger partial charge in [-0.05, 0) is 36.4 Å². The van der Waals surface area contributed by atoms with Crippen LogP contribution >= 0.6 is 11.8 Å². The lowest BCUT2D eigenvalue weighted by Crippen LogP contribution is -1.86. The van der Waals surface area contributed by atoms with Crippen molar-refractivity contribution in [2.24, 2.45) is 0 Å². The number of carbonyl (C=O) groups excluding carboxylic acids is 1. The third-order valence-electron chi connectivity index (χ3n) is 3.17. The number of rotatable bonds is 5. The lowest BCUT2D eigenvalue weighted by molar-refractivity contribution is -0.384. The molecular formula is C17H11NO4S. The molecule has 114 valence electrons. The van der Waals surface area contributed by atoms with Crippen LogP contribution in [0.4, 0.5) is 5.69 Å². The highest BCUT2D eigenvalue weighted by molar-refractivity contribution is 7.99. The topological polar surface area (TPSA) is 73.3 Å². The fourth-order valence-corrected chi connectivity index (χ4v) is 2.85. The third-order valence-corrected chi connectivity index (χ3v) is 4.18. The van der Waals surface area contributed by atoms with Crippen LogP contribution in [-0.4, -0.2) is 11.2 Å². The Morgan fingerprint density at radius 3 is 2.04 bits per heavy atom. The van der Waals surface area contributed by atoms with E-state index in [1.54, 1.807) is 24.3 Å². The van der Waals surface area contributed by atoms with E-state index >= 15 is 0 Å². The molecule has 0 unspecified atom stereocenters. The van der Waals surface area contributed by atoms with E-state index in [2.05, 4.69) is 0 Å². The number of carbonyl (C=O) groups is 1. The molecule has 1 heterocycles. The third kappa shape index (κ3) is 3.49. The van der Waals surface area contributed by atoms with Crippen LogP contribution in [0.15, 0.2) is 74.9 Å². The fourth-order valence-electron chi connectivity index (χ4n) is 2.03. The summed E-state index contributed by atoms with van der Waals surface area (Å²) in [5.41, 5.74) is 0.958. The highest BCUT2D eigenvalue weighted by atomic mass is 32.2. The molecule has 5 nitrogen and oxygen atoms in total. The van der Waals surface area contributed by atoms with Gasteiger partial charge < -0.3 is 4.42 Å². The largest absolute Gasteiger partial charge is 0.453 e. The summed E-state index contributed by atoms with van der Waals surface area (Å²) in [4.78, 5) is 22.8. The SMILES string of the molecule is O=Cc1ccc(-c2ccc(Sc3ccc([N+](=O)[O-])cc3)cc2)o1. The minimum Gasteiger partial charge on any atom is -0.453 e. The molecule has 2 aromatic carbocycles. The van der Waals surface area contributed by atoms with Crippen molar-refractivity contribution < 1.29 is 14.1 Å². The minimum atomic E-state index is -0.416. The summed E-state index contributed by atoms with van der Waals surface area (Å²) in [6.45, 7) is 0. The predicted molar refractivity (Wildman–Crippen MR) is 86.8 cm³/mol. The number of nitro benzene ring substituents is 1. The molecule has 0 saturated heterocycles. The van der Waals surface area contributed by atoms with Crippen molar-refractivity contribution in [1.82, 2.24) is 0 Å². The maximum Gasteiger partial charge on any atom is 0.269 e. The molecular weight excluding hydrogens is 314 g/mol.